The van der Waals surface area contributed by atoms with E-state index in [-0.39, 0.29) is 5.91 Å². The van der Waals surface area contributed by atoms with Crippen LogP contribution >= 0.6 is 0 Å². The van der Waals surface area contributed by atoms with Crippen LogP contribution in [0, 0.1) is 19.8 Å². The first-order chi connectivity index (χ1) is 13.1. The number of hydrogen-bond donors (Lipinski definition) is 1. The molecular formula is C18H21N7O2. The summed E-state index contributed by atoms with van der Waals surface area (Å²) in [5, 5.41) is 20.0. The van der Waals surface area contributed by atoms with Crippen molar-refractivity contribution in [3.8, 4) is 0 Å². The Hall–Kier alpha value is -2.97. The van der Waals surface area contributed by atoms with Crippen LogP contribution in [0.3, 0.4) is 0 Å². The summed E-state index contributed by atoms with van der Waals surface area (Å²) in [5.41, 5.74) is 1.96. The number of nitrogens with one attached hydrogen (secondary N) is 1. The molecule has 0 aromatic carbocycles. The molecule has 5 rings (SSSR count). The second-order valence-corrected chi connectivity index (χ2v) is 7.47. The van der Waals surface area contributed by atoms with Gasteiger partial charge in [0.05, 0.1) is 5.69 Å². The van der Waals surface area contributed by atoms with Crippen molar-refractivity contribution in [2.75, 3.05) is 24.5 Å². The van der Waals surface area contributed by atoms with Gasteiger partial charge in [0.1, 0.15) is 17.1 Å². The first kappa shape index (κ1) is 16.2. The summed E-state index contributed by atoms with van der Waals surface area (Å²) in [4.78, 5) is 14.5. The fraction of sp³-hybridized carbons (Fsp3) is 0.500. The molecule has 0 radical (unpaired) electrons. The maximum Gasteiger partial charge on any atom is 0.256 e. The Bertz CT molecular complexity index is 995. The average Bonchev–Trinajstić information content (AvgIpc) is 3.29. The van der Waals surface area contributed by atoms with Crippen molar-refractivity contribution in [2.45, 2.75) is 32.6 Å². The number of carbonyl (C=O) groups is 1. The number of hydrogen-bond acceptors (Lipinski definition) is 7. The Morgan fingerprint density at radius 3 is 2.78 bits per heavy atom. The maximum atomic E-state index is 12.3. The minimum absolute atomic E-state index is 0.122. The lowest BCUT2D eigenvalue weighted by Gasteiger charge is -2.40. The van der Waals surface area contributed by atoms with Gasteiger partial charge in [-0.3, -0.25) is 4.79 Å². The number of anilines is 1. The average molecular weight is 367 g/mol. The molecule has 1 saturated heterocycles. The Morgan fingerprint density at radius 2 is 2.07 bits per heavy atom. The molecule has 2 fully saturated rings. The van der Waals surface area contributed by atoms with Gasteiger partial charge >= 0.3 is 0 Å². The van der Waals surface area contributed by atoms with E-state index < -0.39 is 0 Å². The lowest BCUT2D eigenvalue weighted by atomic mass is 10.00. The van der Waals surface area contributed by atoms with E-state index in [1.165, 1.54) is 12.8 Å². The highest BCUT2D eigenvalue weighted by atomic mass is 16.5. The number of aryl methyl sites for hydroxylation is 2. The molecule has 0 bridgehead atoms. The van der Waals surface area contributed by atoms with Gasteiger partial charge in [-0.25, -0.2) is 0 Å². The molecule has 0 spiro atoms. The molecule has 3 aromatic heterocycles. The molecule has 1 aliphatic carbocycles. The summed E-state index contributed by atoms with van der Waals surface area (Å²) in [5.74, 6) is 3.23. The van der Waals surface area contributed by atoms with Crippen LogP contribution in [0.4, 0.5) is 5.82 Å². The smallest absolute Gasteiger partial charge is 0.256 e. The Balaban J connectivity index is 1.20. The molecule has 4 heterocycles. The number of amides is 1. The van der Waals surface area contributed by atoms with Crippen molar-refractivity contribution >= 4 is 17.4 Å². The molecule has 2 aliphatic rings. The number of nitrogens with zero attached hydrogens (tertiary/aromatic N) is 6. The Kier molecular flexibility index (Phi) is 3.63. The minimum Gasteiger partial charge on any atom is -0.361 e. The molecule has 9 heteroatoms. The zero-order valence-corrected chi connectivity index (χ0v) is 15.3. The third kappa shape index (κ3) is 2.83. The predicted molar refractivity (Wildman–Crippen MR) is 96.8 cm³/mol. The van der Waals surface area contributed by atoms with Crippen molar-refractivity contribution in [2.24, 2.45) is 5.92 Å². The molecule has 140 valence electrons. The number of rotatable bonds is 5. The molecule has 3 aromatic rings. The van der Waals surface area contributed by atoms with Gasteiger partial charge in [-0.15, -0.1) is 15.3 Å². The van der Waals surface area contributed by atoms with Gasteiger partial charge in [-0.05, 0) is 38.8 Å². The molecule has 9 nitrogen and oxygen atoms in total. The quantitative estimate of drug-likeness (QED) is 0.728. The van der Waals surface area contributed by atoms with Gasteiger partial charge in [0.2, 0.25) is 0 Å². The van der Waals surface area contributed by atoms with Gasteiger partial charge in [0, 0.05) is 31.5 Å². The van der Waals surface area contributed by atoms with Crippen LogP contribution in [-0.4, -0.2) is 50.5 Å². The van der Waals surface area contributed by atoms with Crippen LogP contribution in [0.25, 0.3) is 5.65 Å². The van der Waals surface area contributed by atoms with Gasteiger partial charge < -0.3 is 14.7 Å². The predicted octanol–water partition coefficient (Wildman–Crippen LogP) is 1.47. The topological polar surface area (TPSA) is 101 Å². The first-order valence-electron chi connectivity index (χ1n) is 9.28. The summed E-state index contributed by atoms with van der Waals surface area (Å²) in [6.07, 6.45) is 2.34. The van der Waals surface area contributed by atoms with E-state index >= 15 is 0 Å². The fourth-order valence-electron chi connectivity index (χ4n) is 3.58. The van der Waals surface area contributed by atoms with E-state index in [0.717, 1.165) is 30.4 Å². The molecule has 0 atom stereocenters. The van der Waals surface area contributed by atoms with Crippen LogP contribution in [0.2, 0.25) is 0 Å². The van der Waals surface area contributed by atoms with Gasteiger partial charge in [-0.2, -0.15) is 4.52 Å². The van der Waals surface area contributed by atoms with E-state index in [0.29, 0.717) is 35.4 Å². The second-order valence-electron chi connectivity index (χ2n) is 7.47. The fourth-order valence-corrected chi connectivity index (χ4v) is 3.58. The van der Waals surface area contributed by atoms with Gasteiger partial charge in [0.15, 0.2) is 11.5 Å². The van der Waals surface area contributed by atoms with Crippen LogP contribution in [0.1, 0.15) is 46.4 Å². The largest absolute Gasteiger partial charge is 0.361 e. The molecule has 1 saturated carbocycles. The van der Waals surface area contributed by atoms with Crippen LogP contribution in [0.15, 0.2) is 16.7 Å². The van der Waals surface area contributed by atoms with Crippen LogP contribution in [-0.2, 0) is 0 Å². The van der Waals surface area contributed by atoms with E-state index in [9.17, 15) is 4.79 Å². The highest BCUT2D eigenvalue weighted by molar-refractivity contribution is 5.96. The number of aromatic nitrogens is 5. The summed E-state index contributed by atoms with van der Waals surface area (Å²) in [7, 11) is 0. The van der Waals surface area contributed by atoms with Crippen molar-refractivity contribution in [3.05, 3.63) is 35.0 Å². The van der Waals surface area contributed by atoms with E-state index in [4.69, 9.17) is 9.62 Å². The van der Waals surface area contributed by atoms with Gasteiger partial charge in [0.25, 0.3) is 5.91 Å². The minimum atomic E-state index is -0.122. The molecule has 1 aliphatic heterocycles. The Morgan fingerprint density at radius 1 is 1.26 bits per heavy atom. The third-order valence-electron chi connectivity index (χ3n) is 5.31. The zero-order chi connectivity index (χ0) is 18.5. The summed E-state index contributed by atoms with van der Waals surface area (Å²) >= 11 is 0. The monoisotopic (exact) mass is 367 g/mol. The van der Waals surface area contributed by atoms with Crippen molar-refractivity contribution in [3.63, 3.8) is 0 Å². The van der Waals surface area contributed by atoms with E-state index in [2.05, 4.69) is 25.6 Å². The summed E-state index contributed by atoms with van der Waals surface area (Å²) in [6, 6.07) is 3.95. The number of carbonyl (C=O) groups excluding carboxylic acids is 1. The standard InChI is InChI=1S/C18H21N7O2/c1-10-16(11(2)27-23-10)18(26)19-7-12-8-24(9-12)15-6-5-14-20-21-17(13-3-4-13)25(14)22-15/h5-6,12-13H,3-4,7-9H2,1-2H3,(H,19,26). The van der Waals surface area contributed by atoms with Crippen molar-refractivity contribution in [1.82, 2.24) is 30.3 Å². The van der Waals surface area contributed by atoms with E-state index in [1.807, 2.05) is 16.6 Å². The van der Waals surface area contributed by atoms with Crippen LogP contribution in [0.5, 0.6) is 0 Å². The zero-order valence-electron chi connectivity index (χ0n) is 15.3. The third-order valence-corrected chi connectivity index (χ3v) is 5.31. The second kappa shape index (κ2) is 6.04. The van der Waals surface area contributed by atoms with Gasteiger partial charge in [-0.1, -0.05) is 5.16 Å². The molecule has 1 N–H and O–H groups in total. The summed E-state index contributed by atoms with van der Waals surface area (Å²) < 4.78 is 6.93. The molecule has 1 amide bonds. The number of fused-ring (bicyclic) bond motifs is 1. The van der Waals surface area contributed by atoms with Crippen molar-refractivity contribution in [1.29, 1.82) is 0 Å². The molecule has 27 heavy (non-hydrogen) atoms. The van der Waals surface area contributed by atoms with Crippen LogP contribution < -0.4 is 10.2 Å². The lowest BCUT2D eigenvalue weighted by molar-refractivity contribution is 0.0942. The van der Waals surface area contributed by atoms with Crippen molar-refractivity contribution < 1.29 is 9.32 Å². The normalized spacial score (nSPS) is 17.3. The Labute approximate surface area is 155 Å². The van der Waals surface area contributed by atoms with E-state index in [1.54, 1.807) is 13.8 Å². The highest BCUT2D eigenvalue weighted by Gasteiger charge is 2.31. The summed E-state index contributed by atoms with van der Waals surface area (Å²) in [6.45, 7) is 5.88. The lowest BCUT2D eigenvalue weighted by Crippen LogP contribution is -2.52. The molecule has 0 unspecified atom stereocenters. The molecular weight excluding hydrogens is 346 g/mol. The SMILES string of the molecule is Cc1noc(C)c1C(=O)NCC1CN(c2ccc3nnc(C4CC4)n3n2)C1. The maximum absolute atomic E-state index is 12.3. The highest BCUT2D eigenvalue weighted by Crippen LogP contribution is 2.38. The first-order valence-corrected chi connectivity index (χ1v) is 9.28.